The Labute approximate surface area is 174 Å². The van der Waals surface area contributed by atoms with Gasteiger partial charge in [0.15, 0.2) is 0 Å². The van der Waals surface area contributed by atoms with Gasteiger partial charge in [-0.2, -0.15) is 0 Å². The zero-order valence-corrected chi connectivity index (χ0v) is 17.2. The molecular formula is C24H20ClNO3. The molecule has 146 valence electrons. The Morgan fingerprint density at radius 2 is 1.72 bits per heavy atom. The largest absolute Gasteiger partial charge is 0.497 e. The van der Waals surface area contributed by atoms with Crippen molar-refractivity contribution < 1.29 is 13.9 Å². The van der Waals surface area contributed by atoms with E-state index in [1.807, 2.05) is 67.6 Å². The lowest BCUT2D eigenvalue weighted by atomic mass is 10.1. The molecule has 4 nitrogen and oxygen atoms in total. The Bertz CT molecular complexity index is 1260. The summed E-state index contributed by atoms with van der Waals surface area (Å²) >= 11 is 6.41. The summed E-state index contributed by atoms with van der Waals surface area (Å²) in [5.41, 5.74) is 3.33. The van der Waals surface area contributed by atoms with Crippen molar-refractivity contribution >= 4 is 28.3 Å². The van der Waals surface area contributed by atoms with Gasteiger partial charge in [0.05, 0.1) is 24.6 Å². The van der Waals surface area contributed by atoms with E-state index >= 15 is 0 Å². The van der Waals surface area contributed by atoms with Crippen LogP contribution in [0.3, 0.4) is 0 Å². The predicted molar refractivity (Wildman–Crippen MR) is 116 cm³/mol. The van der Waals surface area contributed by atoms with Gasteiger partial charge in [0, 0.05) is 23.1 Å². The van der Waals surface area contributed by atoms with Crippen LogP contribution in [-0.2, 0) is 0 Å². The lowest BCUT2D eigenvalue weighted by Crippen LogP contribution is -2.04. The number of hydrogen-bond donors (Lipinski definition) is 0. The maximum absolute atomic E-state index is 6.41. The number of hydrogen-bond acceptors (Lipinski definition) is 4. The number of ether oxygens (including phenoxy) is 2. The third-order valence-electron chi connectivity index (χ3n) is 4.66. The monoisotopic (exact) mass is 405 g/mol. The van der Waals surface area contributed by atoms with Gasteiger partial charge < -0.3 is 13.9 Å². The average Bonchev–Trinajstić information content (AvgIpc) is 2.74. The zero-order chi connectivity index (χ0) is 20.4. The molecule has 0 saturated carbocycles. The van der Waals surface area contributed by atoms with Gasteiger partial charge in [0.25, 0.3) is 0 Å². The lowest BCUT2D eigenvalue weighted by molar-refractivity contribution is 0.404. The minimum absolute atomic E-state index is 0.618. The van der Waals surface area contributed by atoms with Gasteiger partial charge in [-0.05, 0) is 43.3 Å². The molecule has 1 heterocycles. The number of fused-ring (bicyclic) bond motifs is 1. The third kappa shape index (κ3) is 3.84. The number of aryl methyl sites for hydroxylation is 1. The van der Waals surface area contributed by atoms with E-state index in [0.29, 0.717) is 28.0 Å². The van der Waals surface area contributed by atoms with E-state index < -0.39 is 0 Å². The fourth-order valence-electron chi connectivity index (χ4n) is 3.18. The molecule has 0 radical (unpaired) electrons. The number of rotatable bonds is 4. The van der Waals surface area contributed by atoms with Gasteiger partial charge in [-0.25, -0.2) is 4.99 Å². The quantitative estimate of drug-likeness (QED) is 0.399. The molecule has 0 spiro atoms. The van der Waals surface area contributed by atoms with Crippen molar-refractivity contribution in [2.75, 3.05) is 14.2 Å². The molecule has 3 aromatic carbocycles. The Morgan fingerprint density at radius 1 is 0.897 bits per heavy atom. The molecule has 1 aromatic heterocycles. The highest BCUT2D eigenvalue weighted by atomic mass is 35.5. The van der Waals surface area contributed by atoms with E-state index in [9.17, 15) is 0 Å². The summed E-state index contributed by atoms with van der Waals surface area (Å²) in [5.74, 6) is 2.01. The second kappa shape index (κ2) is 8.02. The third-order valence-corrected chi connectivity index (χ3v) is 4.99. The van der Waals surface area contributed by atoms with E-state index in [0.717, 1.165) is 27.5 Å². The second-order valence-corrected chi connectivity index (χ2v) is 7.03. The Kier molecular flexibility index (Phi) is 5.28. The number of nitrogens with zero attached hydrogens (tertiary/aromatic N) is 1. The summed E-state index contributed by atoms with van der Waals surface area (Å²) in [6.45, 7) is 2.04. The van der Waals surface area contributed by atoms with E-state index in [1.165, 1.54) is 0 Å². The molecule has 0 fully saturated rings. The maximum atomic E-state index is 6.41. The summed E-state index contributed by atoms with van der Waals surface area (Å²) in [5, 5.41) is 2.29. The molecular weight excluding hydrogens is 386 g/mol. The van der Waals surface area contributed by atoms with Gasteiger partial charge in [0.2, 0.25) is 0 Å². The second-order valence-electron chi connectivity index (χ2n) is 6.62. The van der Waals surface area contributed by atoms with Crippen molar-refractivity contribution in [2.24, 2.45) is 4.99 Å². The standard InChI is InChI=1S/C24H20ClNO3/c1-15-8-10-22-18(12-15)20(14-24(29-22)17-6-4-5-7-19(17)25)26-21-13-16(27-2)9-11-23(21)28-3/h4-14H,1-3H3. The Hall–Kier alpha value is -3.24. The highest BCUT2D eigenvalue weighted by Gasteiger charge is 2.11. The van der Waals surface area contributed by atoms with Crippen LogP contribution in [-0.4, -0.2) is 14.2 Å². The van der Waals surface area contributed by atoms with Gasteiger partial charge in [-0.15, -0.1) is 0 Å². The van der Waals surface area contributed by atoms with Crippen LogP contribution >= 0.6 is 11.6 Å². The fraction of sp³-hybridized carbons (Fsp3) is 0.125. The molecule has 4 rings (SSSR count). The van der Waals surface area contributed by atoms with E-state index in [4.69, 9.17) is 30.5 Å². The predicted octanol–water partition coefficient (Wildman–Crippen LogP) is 6.31. The molecule has 5 heteroatoms. The van der Waals surface area contributed by atoms with Crippen LogP contribution in [0.15, 0.2) is 76.1 Å². The smallest absolute Gasteiger partial charge is 0.144 e. The number of halogens is 1. The minimum atomic E-state index is 0.618. The summed E-state index contributed by atoms with van der Waals surface area (Å²) in [6, 6.07) is 21.0. The molecule has 4 aromatic rings. The van der Waals surface area contributed by atoms with Crippen LogP contribution in [0.4, 0.5) is 5.69 Å². The molecule has 0 bridgehead atoms. The molecule has 0 saturated heterocycles. The normalized spacial score (nSPS) is 11.7. The summed E-state index contributed by atoms with van der Waals surface area (Å²) in [6.07, 6.45) is 0. The molecule has 0 aliphatic rings. The van der Waals surface area contributed by atoms with Crippen molar-refractivity contribution in [3.63, 3.8) is 0 Å². The van der Waals surface area contributed by atoms with Gasteiger partial charge in [-0.3, -0.25) is 0 Å². The molecule has 0 N–H and O–H groups in total. The zero-order valence-electron chi connectivity index (χ0n) is 16.4. The first-order valence-electron chi connectivity index (χ1n) is 9.15. The lowest BCUT2D eigenvalue weighted by Gasteiger charge is -2.09. The minimum Gasteiger partial charge on any atom is -0.497 e. The first kappa shape index (κ1) is 19.1. The van der Waals surface area contributed by atoms with Gasteiger partial charge >= 0.3 is 0 Å². The first-order chi connectivity index (χ1) is 14.1. The van der Waals surface area contributed by atoms with Crippen molar-refractivity contribution in [1.82, 2.24) is 0 Å². The molecule has 0 atom stereocenters. The maximum Gasteiger partial charge on any atom is 0.144 e. The number of benzene rings is 3. The van der Waals surface area contributed by atoms with Gasteiger partial charge in [-0.1, -0.05) is 35.4 Å². The van der Waals surface area contributed by atoms with Crippen molar-refractivity contribution in [2.45, 2.75) is 6.92 Å². The summed E-state index contributed by atoms with van der Waals surface area (Å²) in [4.78, 5) is 4.90. The molecule has 0 aliphatic carbocycles. The van der Waals surface area contributed by atoms with E-state index in [2.05, 4.69) is 6.07 Å². The fourth-order valence-corrected chi connectivity index (χ4v) is 3.41. The van der Waals surface area contributed by atoms with Crippen LogP contribution in [0.25, 0.3) is 22.3 Å². The van der Waals surface area contributed by atoms with Crippen LogP contribution in [0, 0.1) is 6.92 Å². The molecule has 0 unspecified atom stereocenters. The van der Waals surface area contributed by atoms with Gasteiger partial charge in [0.1, 0.15) is 28.5 Å². The van der Waals surface area contributed by atoms with Crippen LogP contribution in [0.2, 0.25) is 5.02 Å². The first-order valence-corrected chi connectivity index (χ1v) is 9.53. The summed E-state index contributed by atoms with van der Waals surface area (Å²) in [7, 11) is 3.25. The summed E-state index contributed by atoms with van der Waals surface area (Å²) < 4.78 is 17.0. The Morgan fingerprint density at radius 3 is 2.48 bits per heavy atom. The average molecular weight is 406 g/mol. The molecule has 0 amide bonds. The van der Waals surface area contributed by atoms with Crippen molar-refractivity contribution in [1.29, 1.82) is 0 Å². The number of methoxy groups -OCH3 is 2. The van der Waals surface area contributed by atoms with Crippen LogP contribution < -0.4 is 14.8 Å². The van der Waals surface area contributed by atoms with Crippen LogP contribution in [0.1, 0.15) is 5.56 Å². The van der Waals surface area contributed by atoms with Crippen molar-refractivity contribution in [3.8, 4) is 22.8 Å². The SMILES string of the molecule is COc1ccc(OC)c(N=c2cc(-c3ccccc3Cl)oc3ccc(C)cc23)c1. The highest BCUT2D eigenvalue weighted by molar-refractivity contribution is 6.33. The van der Waals surface area contributed by atoms with Crippen molar-refractivity contribution in [3.05, 3.63) is 82.7 Å². The van der Waals surface area contributed by atoms with Crippen LogP contribution in [0.5, 0.6) is 11.5 Å². The van der Waals surface area contributed by atoms with E-state index in [1.54, 1.807) is 14.2 Å². The highest BCUT2D eigenvalue weighted by Crippen LogP contribution is 2.32. The topological polar surface area (TPSA) is 44.0 Å². The molecule has 29 heavy (non-hydrogen) atoms. The Balaban J connectivity index is 2.04. The molecule has 0 aliphatic heterocycles. The van der Waals surface area contributed by atoms with E-state index in [-0.39, 0.29) is 0 Å².